The molecule has 0 unspecified atom stereocenters. The summed E-state index contributed by atoms with van der Waals surface area (Å²) in [6.07, 6.45) is 2.20. The molecule has 0 spiro atoms. The number of carbonyl (C=O) groups is 2. The SMILES string of the molecule is Cc1nn(-c2ccccc2)cc1C(=O)N(C)CCCC(=O)O. The third-order valence-electron chi connectivity index (χ3n) is 3.38. The highest BCUT2D eigenvalue weighted by Gasteiger charge is 2.18. The molecule has 1 amide bonds. The second kappa shape index (κ2) is 6.89. The second-order valence-electron chi connectivity index (χ2n) is 5.13. The number of aliphatic carboxylic acids is 1. The van der Waals surface area contributed by atoms with Crippen molar-refractivity contribution in [1.82, 2.24) is 14.7 Å². The number of hydrogen-bond acceptors (Lipinski definition) is 3. The zero-order chi connectivity index (χ0) is 16.1. The van der Waals surface area contributed by atoms with Crippen LogP contribution in [0.4, 0.5) is 0 Å². The van der Waals surface area contributed by atoms with Crippen LogP contribution in [0, 0.1) is 6.92 Å². The molecule has 116 valence electrons. The van der Waals surface area contributed by atoms with Crippen LogP contribution in [0.2, 0.25) is 0 Å². The van der Waals surface area contributed by atoms with Crippen molar-refractivity contribution in [3.05, 3.63) is 47.8 Å². The van der Waals surface area contributed by atoms with Crippen LogP contribution in [-0.2, 0) is 4.79 Å². The molecule has 1 aromatic heterocycles. The lowest BCUT2D eigenvalue weighted by Gasteiger charge is -2.15. The van der Waals surface area contributed by atoms with E-state index < -0.39 is 5.97 Å². The molecule has 0 aliphatic rings. The number of aryl methyl sites for hydroxylation is 1. The van der Waals surface area contributed by atoms with Gasteiger partial charge in [0.2, 0.25) is 0 Å². The molecular formula is C16H19N3O3. The van der Waals surface area contributed by atoms with Gasteiger partial charge in [-0.05, 0) is 25.5 Å². The van der Waals surface area contributed by atoms with Crippen LogP contribution in [0.15, 0.2) is 36.5 Å². The first-order chi connectivity index (χ1) is 10.5. The van der Waals surface area contributed by atoms with E-state index in [1.54, 1.807) is 24.9 Å². The molecule has 6 nitrogen and oxygen atoms in total. The number of nitrogens with zero attached hydrogens (tertiary/aromatic N) is 3. The van der Waals surface area contributed by atoms with Gasteiger partial charge in [-0.15, -0.1) is 0 Å². The minimum absolute atomic E-state index is 0.0554. The highest BCUT2D eigenvalue weighted by molar-refractivity contribution is 5.95. The Morgan fingerprint density at radius 1 is 1.27 bits per heavy atom. The first kappa shape index (κ1) is 15.8. The Balaban J connectivity index is 2.10. The van der Waals surface area contributed by atoms with Crippen molar-refractivity contribution in [2.75, 3.05) is 13.6 Å². The van der Waals surface area contributed by atoms with Crippen molar-refractivity contribution in [3.63, 3.8) is 0 Å². The summed E-state index contributed by atoms with van der Waals surface area (Å²) < 4.78 is 1.67. The molecule has 0 radical (unpaired) electrons. The number of aromatic nitrogens is 2. The van der Waals surface area contributed by atoms with E-state index in [2.05, 4.69) is 5.10 Å². The van der Waals surface area contributed by atoms with Crippen molar-refractivity contribution in [3.8, 4) is 5.69 Å². The van der Waals surface area contributed by atoms with E-state index in [9.17, 15) is 9.59 Å². The molecule has 0 aliphatic carbocycles. The molecule has 2 aromatic rings. The van der Waals surface area contributed by atoms with Crippen LogP contribution in [0.25, 0.3) is 5.69 Å². The van der Waals surface area contributed by atoms with Crippen molar-refractivity contribution in [1.29, 1.82) is 0 Å². The number of carboxylic acid groups (broad SMARTS) is 1. The number of benzene rings is 1. The predicted molar refractivity (Wildman–Crippen MR) is 82.1 cm³/mol. The second-order valence-corrected chi connectivity index (χ2v) is 5.13. The summed E-state index contributed by atoms with van der Waals surface area (Å²) in [5.41, 5.74) is 2.07. The molecule has 0 saturated heterocycles. The number of carboxylic acids is 1. The van der Waals surface area contributed by atoms with Gasteiger partial charge in [0.1, 0.15) is 0 Å². The molecule has 6 heteroatoms. The Bertz CT molecular complexity index is 665. The van der Waals surface area contributed by atoms with Gasteiger partial charge in [0.15, 0.2) is 0 Å². The van der Waals surface area contributed by atoms with Gasteiger partial charge in [0, 0.05) is 26.2 Å². The van der Waals surface area contributed by atoms with Crippen molar-refractivity contribution >= 4 is 11.9 Å². The van der Waals surface area contributed by atoms with Crippen molar-refractivity contribution in [2.24, 2.45) is 0 Å². The molecule has 0 saturated carbocycles. The van der Waals surface area contributed by atoms with E-state index in [4.69, 9.17) is 5.11 Å². The standard InChI is InChI=1S/C16H19N3O3/c1-12-14(16(22)18(2)10-6-9-15(20)21)11-19(17-12)13-7-4-3-5-8-13/h3-5,7-8,11H,6,9-10H2,1-2H3,(H,20,21). The van der Waals surface area contributed by atoms with Crippen LogP contribution in [0.1, 0.15) is 28.9 Å². The molecule has 22 heavy (non-hydrogen) atoms. The maximum Gasteiger partial charge on any atom is 0.303 e. The highest BCUT2D eigenvalue weighted by Crippen LogP contribution is 2.13. The van der Waals surface area contributed by atoms with E-state index >= 15 is 0 Å². The monoisotopic (exact) mass is 301 g/mol. The number of hydrogen-bond donors (Lipinski definition) is 1. The predicted octanol–water partition coefficient (Wildman–Crippen LogP) is 2.12. The summed E-state index contributed by atoms with van der Waals surface area (Å²) in [6.45, 7) is 2.19. The molecule has 1 N–H and O–H groups in total. The van der Waals surface area contributed by atoms with Crippen LogP contribution in [0.5, 0.6) is 0 Å². The maximum absolute atomic E-state index is 12.4. The van der Waals surface area contributed by atoms with Gasteiger partial charge in [-0.3, -0.25) is 9.59 Å². The Morgan fingerprint density at radius 2 is 1.95 bits per heavy atom. The lowest BCUT2D eigenvalue weighted by atomic mass is 10.2. The molecule has 1 aromatic carbocycles. The highest BCUT2D eigenvalue weighted by atomic mass is 16.4. The maximum atomic E-state index is 12.4. The first-order valence-electron chi connectivity index (χ1n) is 7.08. The smallest absolute Gasteiger partial charge is 0.303 e. The molecule has 0 aliphatic heterocycles. The average Bonchev–Trinajstić information content (AvgIpc) is 2.89. The van der Waals surface area contributed by atoms with Crippen molar-refractivity contribution in [2.45, 2.75) is 19.8 Å². The Morgan fingerprint density at radius 3 is 2.59 bits per heavy atom. The fourth-order valence-electron chi connectivity index (χ4n) is 2.16. The molecule has 1 heterocycles. The number of para-hydroxylation sites is 1. The number of carbonyl (C=O) groups excluding carboxylic acids is 1. The third kappa shape index (κ3) is 3.72. The Labute approximate surface area is 129 Å². The fraction of sp³-hybridized carbons (Fsp3) is 0.312. The quantitative estimate of drug-likeness (QED) is 0.886. The summed E-state index contributed by atoms with van der Waals surface area (Å²) in [5.74, 6) is -1.00. The van der Waals surface area contributed by atoms with Gasteiger partial charge >= 0.3 is 5.97 Å². The third-order valence-corrected chi connectivity index (χ3v) is 3.38. The van der Waals surface area contributed by atoms with E-state index in [1.165, 1.54) is 4.90 Å². The zero-order valence-corrected chi connectivity index (χ0v) is 12.7. The van der Waals surface area contributed by atoms with E-state index in [-0.39, 0.29) is 12.3 Å². The largest absolute Gasteiger partial charge is 0.481 e. The lowest BCUT2D eigenvalue weighted by Crippen LogP contribution is -2.28. The lowest BCUT2D eigenvalue weighted by molar-refractivity contribution is -0.137. The molecule has 0 atom stereocenters. The summed E-state index contributed by atoms with van der Waals surface area (Å²) in [6, 6.07) is 9.56. The van der Waals surface area contributed by atoms with Gasteiger partial charge < -0.3 is 10.0 Å². The average molecular weight is 301 g/mol. The minimum atomic E-state index is -0.853. The zero-order valence-electron chi connectivity index (χ0n) is 12.7. The number of amides is 1. The molecule has 0 bridgehead atoms. The molecule has 0 fully saturated rings. The summed E-state index contributed by atoms with van der Waals surface area (Å²) >= 11 is 0. The summed E-state index contributed by atoms with van der Waals surface area (Å²) in [7, 11) is 1.67. The fourth-order valence-corrected chi connectivity index (χ4v) is 2.16. The van der Waals surface area contributed by atoms with Gasteiger partial charge in [-0.25, -0.2) is 4.68 Å². The van der Waals surface area contributed by atoms with E-state index in [0.717, 1.165) is 5.69 Å². The van der Waals surface area contributed by atoms with E-state index in [0.29, 0.717) is 24.2 Å². The topological polar surface area (TPSA) is 75.4 Å². The van der Waals surface area contributed by atoms with Gasteiger partial charge in [0.05, 0.1) is 16.9 Å². The Kier molecular flexibility index (Phi) is 4.93. The van der Waals surface area contributed by atoms with Crippen molar-refractivity contribution < 1.29 is 14.7 Å². The van der Waals surface area contributed by atoms with Gasteiger partial charge in [-0.2, -0.15) is 5.10 Å². The van der Waals surface area contributed by atoms with Gasteiger partial charge in [-0.1, -0.05) is 18.2 Å². The van der Waals surface area contributed by atoms with Crippen LogP contribution in [0.3, 0.4) is 0 Å². The van der Waals surface area contributed by atoms with Crippen LogP contribution >= 0.6 is 0 Å². The summed E-state index contributed by atoms with van der Waals surface area (Å²) in [5, 5.41) is 13.0. The molecular weight excluding hydrogens is 282 g/mol. The number of rotatable bonds is 6. The summed E-state index contributed by atoms with van der Waals surface area (Å²) in [4.78, 5) is 24.5. The molecule has 2 rings (SSSR count). The van der Waals surface area contributed by atoms with E-state index in [1.807, 2.05) is 30.3 Å². The normalized spacial score (nSPS) is 10.5. The first-order valence-corrected chi connectivity index (χ1v) is 7.08. The van der Waals surface area contributed by atoms with Gasteiger partial charge in [0.25, 0.3) is 5.91 Å². The Hall–Kier alpha value is -2.63. The minimum Gasteiger partial charge on any atom is -0.481 e. The van der Waals surface area contributed by atoms with Crippen LogP contribution in [-0.4, -0.2) is 45.3 Å². The van der Waals surface area contributed by atoms with Crippen LogP contribution < -0.4 is 0 Å².